The van der Waals surface area contributed by atoms with Gasteiger partial charge in [0.25, 0.3) is 0 Å². The minimum atomic E-state index is -0.477. The fourth-order valence-electron chi connectivity index (χ4n) is 4.52. The summed E-state index contributed by atoms with van der Waals surface area (Å²) in [6.07, 6.45) is 7.08. The van der Waals surface area contributed by atoms with Gasteiger partial charge in [0.15, 0.2) is 0 Å². The molecule has 0 heterocycles. The number of benzene rings is 2. The fourth-order valence-corrected chi connectivity index (χ4v) is 4.75. The largest absolute Gasteiger partial charge is 0.352 e. The molecule has 0 bridgehead atoms. The number of nitrogens with zero attached hydrogens (tertiary/aromatic N) is 1. The zero-order valence-electron chi connectivity index (χ0n) is 19.3. The Bertz CT molecular complexity index is 908. The predicted molar refractivity (Wildman–Crippen MR) is 131 cm³/mol. The molecule has 2 aromatic carbocycles. The topological polar surface area (TPSA) is 49.4 Å². The molecule has 5 heteroatoms. The van der Waals surface area contributed by atoms with Gasteiger partial charge in [0.05, 0.1) is 0 Å². The van der Waals surface area contributed by atoms with Gasteiger partial charge in [-0.25, -0.2) is 0 Å². The molecular formula is C27H35ClN2O2. The van der Waals surface area contributed by atoms with E-state index in [1.807, 2.05) is 62.4 Å². The molecule has 1 fully saturated rings. The number of carbonyl (C=O) groups excluding carboxylic acids is 2. The normalized spacial score (nSPS) is 15.2. The van der Waals surface area contributed by atoms with E-state index in [1.54, 1.807) is 4.90 Å². The van der Waals surface area contributed by atoms with Crippen molar-refractivity contribution in [3.8, 4) is 0 Å². The van der Waals surface area contributed by atoms with Gasteiger partial charge in [0.2, 0.25) is 11.8 Å². The first-order chi connectivity index (χ1) is 15.5. The first-order valence-electron chi connectivity index (χ1n) is 11.9. The lowest BCUT2D eigenvalue weighted by Crippen LogP contribution is -2.51. The molecule has 3 rings (SSSR count). The van der Waals surface area contributed by atoms with Crippen molar-refractivity contribution >= 4 is 23.4 Å². The first-order valence-corrected chi connectivity index (χ1v) is 12.2. The average molecular weight is 455 g/mol. The highest BCUT2D eigenvalue weighted by molar-refractivity contribution is 6.31. The van der Waals surface area contributed by atoms with E-state index in [4.69, 9.17) is 11.6 Å². The molecule has 0 aliphatic heterocycles. The van der Waals surface area contributed by atoms with Crippen LogP contribution in [-0.2, 0) is 22.6 Å². The molecule has 0 saturated heterocycles. The zero-order chi connectivity index (χ0) is 22.9. The Morgan fingerprint density at radius 1 is 1.03 bits per heavy atom. The summed E-state index contributed by atoms with van der Waals surface area (Å²) in [5.41, 5.74) is 3.15. The van der Waals surface area contributed by atoms with Crippen molar-refractivity contribution in [2.45, 2.75) is 83.8 Å². The highest BCUT2D eigenvalue weighted by atomic mass is 35.5. The van der Waals surface area contributed by atoms with Crippen molar-refractivity contribution in [2.24, 2.45) is 0 Å². The van der Waals surface area contributed by atoms with Crippen LogP contribution in [0.25, 0.3) is 0 Å². The number of rotatable bonds is 9. The Morgan fingerprint density at radius 3 is 2.34 bits per heavy atom. The van der Waals surface area contributed by atoms with E-state index in [0.717, 1.165) is 42.4 Å². The number of halogens is 1. The number of amides is 2. The van der Waals surface area contributed by atoms with Crippen LogP contribution >= 0.6 is 11.6 Å². The number of hydrogen-bond donors (Lipinski definition) is 1. The van der Waals surface area contributed by atoms with Crippen LogP contribution in [0.15, 0.2) is 48.5 Å². The van der Waals surface area contributed by atoms with E-state index < -0.39 is 6.04 Å². The van der Waals surface area contributed by atoms with Gasteiger partial charge < -0.3 is 10.2 Å². The Morgan fingerprint density at radius 2 is 1.69 bits per heavy atom. The lowest BCUT2D eigenvalue weighted by molar-refractivity contribution is -0.141. The van der Waals surface area contributed by atoms with Crippen LogP contribution in [0.2, 0.25) is 5.02 Å². The van der Waals surface area contributed by atoms with Crippen LogP contribution in [0.5, 0.6) is 0 Å². The van der Waals surface area contributed by atoms with E-state index in [9.17, 15) is 9.59 Å². The monoisotopic (exact) mass is 454 g/mol. The molecule has 0 spiro atoms. The van der Waals surface area contributed by atoms with E-state index in [-0.39, 0.29) is 17.9 Å². The van der Waals surface area contributed by atoms with E-state index in [1.165, 1.54) is 6.42 Å². The highest BCUT2D eigenvalue weighted by Crippen LogP contribution is 2.22. The SMILES string of the molecule is CCC(C(=O)NC1CCCCC1)N(Cc1ccccc1C)C(=O)CCc1ccccc1Cl. The Labute approximate surface area is 197 Å². The summed E-state index contributed by atoms with van der Waals surface area (Å²) in [5, 5.41) is 3.91. The number of carbonyl (C=O) groups is 2. The fraction of sp³-hybridized carbons (Fsp3) is 0.481. The van der Waals surface area contributed by atoms with Crippen molar-refractivity contribution < 1.29 is 9.59 Å². The molecule has 0 radical (unpaired) electrons. The predicted octanol–water partition coefficient (Wildman–Crippen LogP) is 5.84. The standard InChI is InChI=1S/C27H35ClN2O2/c1-3-25(27(32)29-23-14-5-4-6-15-23)30(19-22-13-8-7-11-20(22)2)26(31)18-17-21-12-9-10-16-24(21)28/h7-13,16,23,25H,3-6,14-15,17-19H2,1-2H3,(H,29,32). The summed E-state index contributed by atoms with van der Waals surface area (Å²) in [7, 11) is 0. The van der Waals surface area contributed by atoms with Gasteiger partial charge in [-0.3, -0.25) is 9.59 Å². The second-order valence-corrected chi connectivity index (χ2v) is 9.21. The van der Waals surface area contributed by atoms with Crippen molar-refractivity contribution in [2.75, 3.05) is 0 Å². The lowest BCUT2D eigenvalue weighted by Gasteiger charge is -2.33. The molecule has 2 aromatic rings. The summed E-state index contributed by atoms with van der Waals surface area (Å²) >= 11 is 6.30. The van der Waals surface area contributed by atoms with Gasteiger partial charge in [0.1, 0.15) is 6.04 Å². The van der Waals surface area contributed by atoms with Gasteiger partial charge in [-0.15, -0.1) is 0 Å². The van der Waals surface area contributed by atoms with Crippen molar-refractivity contribution in [3.05, 3.63) is 70.2 Å². The molecule has 32 heavy (non-hydrogen) atoms. The van der Waals surface area contributed by atoms with Crippen LogP contribution in [-0.4, -0.2) is 28.8 Å². The highest BCUT2D eigenvalue weighted by Gasteiger charge is 2.30. The number of hydrogen-bond acceptors (Lipinski definition) is 2. The Kier molecular flexibility index (Phi) is 9.16. The maximum absolute atomic E-state index is 13.4. The summed E-state index contributed by atoms with van der Waals surface area (Å²) in [6.45, 7) is 4.46. The first kappa shape index (κ1) is 24.3. The maximum atomic E-state index is 13.4. The second-order valence-electron chi connectivity index (χ2n) is 8.81. The molecule has 4 nitrogen and oxygen atoms in total. The third-order valence-electron chi connectivity index (χ3n) is 6.51. The molecule has 172 valence electrons. The van der Waals surface area contributed by atoms with Gasteiger partial charge >= 0.3 is 0 Å². The molecule has 1 saturated carbocycles. The summed E-state index contributed by atoms with van der Waals surface area (Å²) in [4.78, 5) is 28.5. The average Bonchev–Trinajstić information content (AvgIpc) is 2.80. The van der Waals surface area contributed by atoms with Crippen molar-refractivity contribution in [1.82, 2.24) is 10.2 Å². The molecule has 1 aliphatic rings. The number of aryl methyl sites for hydroxylation is 2. The van der Waals surface area contributed by atoms with E-state index >= 15 is 0 Å². The molecular weight excluding hydrogens is 420 g/mol. The molecule has 0 aromatic heterocycles. The van der Waals surface area contributed by atoms with Crippen LogP contribution in [0.3, 0.4) is 0 Å². The van der Waals surface area contributed by atoms with Gasteiger partial charge in [0, 0.05) is 24.0 Å². The van der Waals surface area contributed by atoms with Crippen LogP contribution < -0.4 is 5.32 Å². The maximum Gasteiger partial charge on any atom is 0.243 e. The third kappa shape index (κ3) is 6.59. The van der Waals surface area contributed by atoms with Gasteiger partial charge in [-0.2, -0.15) is 0 Å². The lowest BCUT2D eigenvalue weighted by atomic mass is 9.95. The van der Waals surface area contributed by atoms with Crippen LogP contribution in [0.4, 0.5) is 0 Å². The minimum absolute atomic E-state index is 0.0150. The van der Waals surface area contributed by atoms with E-state index in [2.05, 4.69) is 5.32 Å². The Hall–Kier alpha value is -2.33. The number of nitrogens with one attached hydrogen (secondary N) is 1. The smallest absolute Gasteiger partial charge is 0.243 e. The van der Waals surface area contributed by atoms with Crippen LogP contribution in [0.1, 0.15) is 68.6 Å². The molecule has 2 amide bonds. The molecule has 1 N–H and O–H groups in total. The van der Waals surface area contributed by atoms with Gasteiger partial charge in [-0.1, -0.05) is 80.3 Å². The summed E-state index contributed by atoms with van der Waals surface area (Å²) < 4.78 is 0. The quantitative estimate of drug-likeness (QED) is 0.517. The third-order valence-corrected chi connectivity index (χ3v) is 6.87. The molecule has 1 aliphatic carbocycles. The minimum Gasteiger partial charge on any atom is -0.352 e. The second kappa shape index (κ2) is 12.1. The van der Waals surface area contributed by atoms with Crippen molar-refractivity contribution in [3.63, 3.8) is 0 Å². The summed E-state index contributed by atoms with van der Waals surface area (Å²) in [5.74, 6) is -0.0436. The molecule has 1 atom stereocenters. The zero-order valence-corrected chi connectivity index (χ0v) is 20.0. The van der Waals surface area contributed by atoms with Gasteiger partial charge in [-0.05, 0) is 55.4 Å². The van der Waals surface area contributed by atoms with E-state index in [0.29, 0.717) is 30.8 Å². The summed E-state index contributed by atoms with van der Waals surface area (Å²) in [6, 6.07) is 15.4. The van der Waals surface area contributed by atoms with Crippen molar-refractivity contribution in [1.29, 1.82) is 0 Å². The Balaban J connectivity index is 1.77. The molecule has 1 unspecified atom stereocenters. The van der Waals surface area contributed by atoms with Crippen LogP contribution in [0, 0.1) is 6.92 Å².